The molecule has 0 aromatic rings. The average Bonchev–Trinajstić information content (AvgIpc) is 2.73. The number of aliphatic hydroxyl groups excluding tert-OH is 1. The molecule has 0 saturated heterocycles. The summed E-state index contributed by atoms with van der Waals surface area (Å²) in [6.45, 7) is 6.45. The Labute approximate surface area is 138 Å². The first-order valence-electron chi connectivity index (χ1n) is 9.24. The third-order valence-electron chi connectivity index (χ3n) is 8.08. The minimum absolute atomic E-state index is 0.0775. The largest absolute Gasteiger partial charge is 0.392 e. The molecule has 0 heterocycles. The molecule has 0 radical (unpaired) electrons. The zero-order valence-electron chi connectivity index (χ0n) is 14.5. The van der Waals surface area contributed by atoms with Gasteiger partial charge >= 0.3 is 0 Å². The standard InChI is InChI=1S/C20H28O3/c1-11-8-16-14-5-4-12-9-13(21)10-17(22)20(12,3)15(14)6-7-19(16,2)18(11)23/h9,11,14-17,22H,4-8,10H2,1-3H3/t11-,14+,15-,16-,17+,19-,20-/m0/s1. The van der Waals surface area contributed by atoms with Crippen molar-refractivity contribution in [2.75, 3.05) is 0 Å². The Morgan fingerprint density at radius 2 is 1.91 bits per heavy atom. The molecule has 1 N–H and O–H groups in total. The highest BCUT2D eigenvalue weighted by atomic mass is 16.3. The Morgan fingerprint density at radius 1 is 1.17 bits per heavy atom. The molecular weight excluding hydrogens is 288 g/mol. The van der Waals surface area contributed by atoms with Gasteiger partial charge in [0.1, 0.15) is 5.78 Å². The van der Waals surface area contributed by atoms with E-state index in [1.807, 2.05) is 6.08 Å². The lowest BCUT2D eigenvalue weighted by Gasteiger charge is -2.58. The van der Waals surface area contributed by atoms with Gasteiger partial charge in [-0.3, -0.25) is 9.59 Å². The van der Waals surface area contributed by atoms with Crippen LogP contribution in [0.1, 0.15) is 59.3 Å². The van der Waals surface area contributed by atoms with Gasteiger partial charge in [0, 0.05) is 23.2 Å². The Morgan fingerprint density at radius 3 is 2.65 bits per heavy atom. The maximum absolute atomic E-state index is 12.7. The minimum Gasteiger partial charge on any atom is -0.392 e. The fourth-order valence-electron chi connectivity index (χ4n) is 6.72. The molecule has 23 heavy (non-hydrogen) atoms. The molecule has 0 aromatic heterocycles. The molecular formula is C20H28O3. The Bertz CT molecular complexity index is 606. The number of Topliss-reactive ketones (excluding diaryl/α,β-unsaturated/α-hetero) is 1. The number of hydrogen-bond acceptors (Lipinski definition) is 3. The van der Waals surface area contributed by atoms with Crippen molar-refractivity contribution in [3.05, 3.63) is 11.6 Å². The van der Waals surface area contributed by atoms with Crippen LogP contribution in [0, 0.1) is 34.5 Å². The molecule has 0 spiro atoms. The van der Waals surface area contributed by atoms with Crippen LogP contribution >= 0.6 is 0 Å². The normalized spacial score (nSPS) is 52.5. The lowest BCUT2D eigenvalue weighted by Crippen LogP contribution is -2.55. The highest BCUT2D eigenvalue weighted by Crippen LogP contribution is 2.65. The third kappa shape index (κ3) is 1.86. The number of hydrogen-bond donors (Lipinski definition) is 1. The van der Waals surface area contributed by atoms with Crippen molar-refractivity contribution in [1.82, 2.24) is 0 Å². The van der Waals surface area contributed by atoms with E-state index in [9.17, 15) is 14.7 Å². The molecule has 126 valence electrons. The highest BCUT2D eigenvalue weighted by molar-refractivity contribution is 5.92. The Hall–Kier alpha value is -0.960. The van der Waals surface area contributed by atoms with E-state index in [0.29, 0.717) is 23.5 Å². The quantitative estimate of drug-likeness (QED) is 0.746. The summed E-state index contributed by atoms with van der Waals surface area (Å²) < 4.78 is 0. The molecule has 0 bridgehead atoms. The van der Waals surface area contributed by atoms with E-state index in [2.05, 4.69) is 20.8 Å². The molecule has 4 aliphatic rings. The third-order valence-corrected chi connectivity index (χ3v) is 8.08. The summed E-state index contributed by atoms with van der Waals surface area (Å²) in [5.41, 5.74) is 0.768. The first kappa shape index (κ1) is 15.6. The lowest BCUT2D eigenvalue weighted by molar-refractivity contribution is -0.138. The van der Waals surface area contributed by atoms with Crippen molar-refractivity contribution in [2.24, 2.45) is 34.5 Å². The Kier molecular flexibility index (Phi) is 3.23. The molecule has 3 fully saturated rings. The first-order valence-corrected chi connectivity index (χ1v) is 9.24. The molecule has 0 unspecified atom stereocenters. The van der Waals surface area contributed by atoms with Gasteiger partial charge in [0.15, 0.2) is 5.78 Å². The number of carbonyl (C=O) groups is 2. The van der Waals surface area contributed by atoms with Gasteiger partial charge in [0.25, 0.3) is 0 Å². The zero-order valence-corrected chi connectivity index (χ0v) is 14.5. The molecule has 3 saturated carbocycles. The van der Waals surface area contributed by atoms with E-state index < -0.39 is 6.10 Å². The fraction of sp³-hybridized carbons (Fsp3) is 0.800. The second-order valence-corrected chi connectivity index (χ2v) is 9.01. The van der Waals surface area contributed by atoms with E-state index in [1.54, 1.807) is 0 Å². The van der Waals surface area contributed by atoms with Crippen LogP contribution in [-0.2, 0) is 9.59 Å². The van der Waals surface area contributed by atoms with Gasteiger partial charge in [-0.05, 0) is 55.9 Å². The van der Waals surface area contributed by atoms with E-state index in [1.165, 1.54) is 5.57 Å². The minimum atomic E-state index is -0.554. The number of aliphatic hydroxyl groups is 1. The number of rotatable bonds is 0. The molecule has 4 aliphatic carbocycles. The van der Waals surface area contributed by atoms with E-state index in [-0.39, 0.29) is 29.0 Å². The number of ketones is 2. The van der Waals surface area contributed by atoms with E-state index in [4.69, 9.17) is 0 Å². The predicted molar refractivity (Wildman–Crippen MR) is 87.7 cm³/mol. The van der Waals surface area contributed by atoms with E-state index >= 15 is 0 Å². The lowest BCUT2D eigenvalue weighted by atomic mass is 9.47. The van der Waals surface area contributed by atoms with Crippen molar-refractivity contribution in [2.45, 2.75) is 65.4 Å². The van der Waals surface area contributed by atoms with Crippen LogP contribution in [0.4, 0.5) is 0 Å². The highest BCUT2D eigenvalue weighted by Gasteiger charge is 2.62. The van der Waals surface area contributed by atoms with Crippen LogP contribution in [0.5, 0.6) is 0 Å². The van der Waals surface area contributed by atoms with Gasteiger partial charge in [0.2, 0.25) is 0 Å². The van der Waals surface area contributed by atoms with Gasteiger partial charge in [0.05, 0.1) is 6.10 Å². The molecule has 3 nitrogen and oxygen atoms in total. The van der Waals surface area contributed by atoms with Crippen molar-refractivity contribution in [3.63, 3.8) is 0 Å². The van der Waals surface area contributed by atoms with Crippen LogP contribution in [0.2, 0.25) is 0 Å². The predicted octanol–water partition coefficient (Wildman–Crippen LogP) is 3.30. The van der Waals surface area contributed by atoms with Gasteiger partial charge in [-0.15, -0.1) is 0 Å². The second-order valence-electron chi connectivity index (χ2n) is 9.01. The van der Waals surface area contributed by atoms with Gasteiger partial charge in [-0.25, -0.2) is 0 Å². The van der Waals surface area contributed by atoms with Crippen molar-refractivity contribution >= 4 is 11.6 Å². The van der Waals surface area contributed by atoms with Gasteiger partial charge in [-0.1, -0.05) is 26.3 Å². The maximum atomic E-state index is 12.7. The summed E-state index contributed by atoms with van der Waals surface area (Å²) >= 11 is 0. The summed E-state index contributed by atoms with van der Waals surface area (Å²) in [4.78, 5) is 24.6. The topological polar surface area (TPSA) is 54.4 Å². The SMILES string of the molecule is C[C@H]1C[C@H]2[C@@H]3CCC4=CC(=O)C[C@@H](O)[C@]4(C)[C@H]3CC[C@]2(C)C1=O. The summed E-state index contributed by atoms with van der Waals surface area (Å²) in [6.07, 6.45) is 6.49. The van der Waals surface area contributed by atoms with Crippen LogP contribution in [-0.4, -0.2) is 22.8 Å². The Balaban J connectivity index is 1.73. The van der Waals surface area contributed by atoms with E-state index in [0.717, 1.165) is 32.1 Å². The van der Waals surface area contributed by atoms with Crippen molar-refractivity contribution in [1.29, 1.82) is 0 Å². The molecule has 7 atom stereocenters. The first-order chi connectivity index (χ1) is 10.8. The summed E-state index contributed by atoms with van der Waals surface area (Å²) in [6, 6.07) is 0. The summed E-state index contributed by atoms with van der Waals surface area (Å²) in [5.74, 6) is 2.13. The number of fused-ring (bicyclic) bond motifs is 5. The second kappa shape index (κ2) is 4.78. The van der Waals surface area contributed by atoms with Crippen LogP contribution in [0.3, 0.4) is 0 Å². The van der Waals surface area contributed by atoms with Gasteiger partial charge < -0.3 is 5.11 Å². The van der Waals surface area contributed by atoms with Crippen molar-refractivity contribution in [3.8, 4) is 0 Å². The van der Waals surface area contributed by atoms with Crippen LogP contribution < -0.4 is 0 Å². The smallest absolute Gasteiger partial charge is 0.158 e. The molecule has 3 heteroatoms. The summed E-state index contributed by atoms with van der Waals surface area (Å²) in [5, 5.41) is 10.8. The molecule has 0 aliphatic heterocycles. The van der Waals surface area contributed by atoms with Crippen LogP contribution in [0.25, 0.3) is 0 Å². The average molecular weight is 316 g/mol. The van der Waals surface area contributed by atoms with Gasteiger partial charge in [-0.2, -0.15) is 0 Å². The fourth-order valence-corrected chi connectivity index (χ4v) is 6.72. The zero-order chi connectivity index (χ0) is 16.6. The molecule has 0 aromatic carbocycles. The summed E-state index contributed by atoms with van der Waals surface area (Å²) in [7, 11) is 0. The molecule has 0 amide bonds. The maximum Gasteiger partial charge on any atom is 0.158 e. The molecule has 4 rings (SSSR count). The van der Waals surface area contributed by atoms with Crippen molar-refractivity contribution < 1.29 is 14.7 Å². The monoisotopic (exact) mass is 316 g/mol. The van der Waals surface area contributed by atoms with Crippen LogP contribution in [0.15, 0.2) is 11.6 Å². The number of carbonyl (C=O) groups excluding carboxylic acids is 2.